The molecule has 0 radical (unpaired) electrons. The maximum absolute atomic E-state index is 12.4. The van der Waals surface area contributed by atoms with Crippen LogP contribution in [0.15, 0.2) is 90.1 Å². The van der Waals surface area contributed by atoms with Crippen LogP contribution in [0.25, 0.3) is 0 Å². The van der Waals surface area contributed by atoms with E-state index in [1.165, 1.54) is 0 Å². The molecule has 0 aliphatic carbocycles. The smallest absolute Gasteiger partial charge is 0.261 e. The Kier molecular flexibility index (Phi) is 8.77. The second kappa shape index (κ2) is 11.9. The van der Waals surface area contributed by atoms with Crippen molar-refractivity contribution in [2.75, 3.05) is 13.4 Å². The van der Waals surface area contributed by atoms with Crippen LogP contribution in [-0.2, 0) is 27.5 Å². The van der Waals surface area contributed by atoms with Crippen LogP contribution in [0.1, 0.15) is 37.6 Å². The summed E-state index contributed by atoms with van der Waals surface area (Å²) >= 11 is 0. The Morgan fingerprint density at radius 2 is 1.35 bits per heavy atom. The van der Waals surface area contributed by atoms with Crippen molar-refractivity contribution in [3.8, 4) is 11.6 Å². The third-order valence-corrected chi connectivity index (χ3v) is 12.7. The monoisotopic (exact) mass is 576 g/mol. The summed E-state index contributed by atoms with van der Waals surface area (Å²) in [5.41, 5.74) is 2.00. The summed E-state index contributed by atoms with van der Waals surface area (Å²) in [4.78, 5) is 8.68. The van der Waals surface area contributed by atoms with E-state index in [1.54, 1.807) is 14.0 Å². The summed E-state index contributed by atoms with van der Waals surface area (Å²) < 4.78 is 43.3. The van der Waals surface area contributed by atoms with Gasteiger partial charge in [0.15, 0.2) is 0 Å². The molecule has 1 aromatic heterocycles. The van der Waals surface area contributed by atoms with Gasteiger partial charge in [-0.25, -0.2) is 13.4 Å². The van der Waals surface area contributed by atoms with Crippen molar-refractivity contribution in [2.24, 2.45) is 0 Å². The van der Waals surface area contributed by atoms with Crippen molar-refractivity contribution in [3.05, 3.63) is 102 Å². The lowest BCUT2D eigenvalue weighted by molar-refractivity contribution is 0.252. The number of benzene rings is 3. The highest BCUT2D eigenvalue weighted by Gasteiger charge is 2.50. The average molecular weight is 577 g/mol. The van der Waals surface area contributed by atoms with Crippen LogP contribution in [-0.4, -0.2) is 40.1 Å². The first-order chi connectivity index (χ1) is 19.0. The van der Waals surface area contributed by atoms with E-state index in [1.807, 2.05) is 60.7 Å². The molecule has 4 aromatic rings. The van der Waals surface area contributed by atoms with Gasteiger partial charge in [0.25, 0.3) is 8.32 Å². The molecular weight excluding hydrogens is 541 g/mol. The molecule has 0 N–H and O–H groups in total. The number of hydrogen-bond acceptors (Lipinski definition) is 7. The summed E-state index contributed by atoms with van der Waals surface area (Å²) in [6, 6.07) is 28.1. The molecule has 0 saturated heterocycles. The Hall–Kier alpha value is -3.53. The Balaban J connectivity index is 1.78. The fourth-order valence-corrected chi connectivity index (χ4v) is 9.88. The van der Waals surface area contributed by atoms with Crippen LogP contribution in [0.2, 0.25) is 5.04 Å². The number of methoxy groups -OCH3 is 1. The Morgan fingerprint density at radius 3 is 1.82 bits per heavy atom. The number of ether oxygens (including phenoxy) is 2. The fourth-order valence-electron chi connectivity index (χ4n) is 4.81. The zero-order chi connectivity index (χ0) is 29.0. The van der Waals surface area contributed by atoms with E-state index in [9.17, 15) is 8.42 Å². The van der Waals surface area contributed by atoms with Gasteiger partial charge in [0.05, 0.1) is 25.0 Å². The SMILES string of the molecule is COc1ccc(COc2nc(S(C)(=O)=O)nc(C)c2CO[Si](c2ccccc2)(c2ccccc2)C(C)(C)C)cc1. The number of sulfone groups is 1. The number of nitrogens with zero attached hydrogens (tertiary/aromatic N) is 2. The molecule has 0 fully saturated rings. The van der Waals surface area contributed by atoms with Gasteiger partial charge in [-0.15, -0.1) is 0 Å². The quantitative estimate of drug-likeness (QED) is 0.197. The molecule has 7 nitrogen and oxygen atoms in total. The Bertz CT molecular complexity index is 1500. The topological polar surface area (TPSA) is 87.6 Å². The van der Waals surface area contributed by atoms with Gasteiger partial charge < -0.3 is 13.9 Å². The Labute approximate surface area is 238 Å². The van der Waals surface area contributed by atoms with Gasteiger partial charge >= 0.3 is 0 Å². The second-order valence-corrected chi connectivity index (χ2v) is 17.0. The zero-order valence-corrected chi connectivity index (χ0v) is 25.7. The van der Waals surface area contributed by atoms with E-state index in [0.29, 0.717) is 11.3 Å². The first-order valence-electron chi connectivity index (χ1n) is 13.0. The van der Waals surface area contributed by atoms with Crippen molar-refractivity contribution < 1.29 is 22.3 Å². The minimum Gasteiger partial charge on any atom is -0.497 e. The molecule has 1 heterocycles. The molecule has 40 heavy (non-hydrogen) atoms. The van der Waals surface area contributed by atoms with E-state index in [-0.39, 0.29) is 29.3 Å². The van der Waals surface area contributed by atoms with E-state index in [4.69, 9.17) is 13.9 Å². The molecule has 0 amide bonds. The summed E-state index contributed by atoms with van der Waals surface area (Å²) in [6.45, 7) is 8.72. The third kappa shape index (κ3) is 6.27. The molecule has 9 heteroatoms. The molecule has 4 rings (SSSR count). The molecule has 0 aliphatic heterocycles. The lowest BCUT2D eigenvalue weighted by atomic mass is 10.2. The van der Waals surface area contributed by atoms with E-state index < -0.39 is 18.2 Å². The van der Waals surface area contributed by atoms with Gasteiger partial charge in [0.2, 0.25) is 20.9 Å². The van der Waals surface area contributed by atoms with Crippen LogP contribution < -0.4 is 19.8 Å². The molecule has 210 valence electrons. The first kappa shape index (κ1) is 29.4. The molecule has 0 unspecified atom stereocenters. The number of aryl methyl sites for hydroxylation is 1. The normalized spacial score (nSPS) is 12.2. The van der Waals surface area contributed by atoms with Crippen LogP contribution >= 0.6 is 0 Å². The largest absolute Gasteiger partial charge is 0.497 e. The average Bonchev–Trinajstić information content (AvgIpc) is 2.93. The second-order valence-electron chi connectivity index (χ2n) is 10.7. The van der Waals surface area contributed by atoms with Gasteiger partial charge in [-0.2, -0.15) is 4.98 Å². The highest BCUT2D eigenvalue weighted by molar-refractivity contribution is 7.90. The van der Waals surface area contributed by atoms with Crippen LogP contribution in [0.3, 0.4) is 0 Å². The number of aromatic nitrogens is 2. The van der Waals surface area contributed by atoms with Crippen LogP contribution in [0.4, 0.5) is 0 Å². The third-order valence-electron chi connectivity index (χ3n) is 6.87. The standard InChI is InChI=1S/C31H36N2O5SSi/c1-23-28(29(33-30(32-23)39(6,34)35)37-21-24-17-19-25(36-5)20-18-24)22-38-40(31(2,3)4,26-13-9-7-10-14-26)27-15-11-8-12-16-27/h7-20H,21-22H2,1-6H3. The highest BCUT2D eigenvalue weighted by atomic mass is 32.2. The molecule has 0 atom stereocenters. The van der Waals surface area contributed by atoms with E-state index in [0.717, 1.165) is 27.9 Å². The van der Waals surface area contributed by atoms with E-state index >= 15 is 0 Å². The Morgan fingerprint density at radius 1 is 0.800 bits per heavy atom. The molecule has 0 saturated carbocycles. The molecule has 3 aromatic carbocycles. The maximum atomic E-state index is 12.4. The highest BCUT2D eigenvalue weighted by Crippen LogP contribution is 2.38. The van der Waals surface area contributed by atoms with Crippen molar-refractivity contribution in [1.82, 2.24) is 9.97 Å². The van der Waals surface area contributed by atoms with Crippen LogP contribution in [0.5, 0.6) is 11.6 Å². The zero-order valence-electron chi connectivity index (χ0n) is 23.8. The molecular formula is C31H36N2O5SSi. The first-order valence-corrected chi connectivity index (χ1v) is 16.8. The van der Waals surface area contributed by atoms with E-state index in [2.05, 4.69) is 55.0 Å². The van der Waals surface area contributed by atoms with Gasteiger partial charge in [-0.1, -0.05) is 93.6 Å². The van der Waals surface area contributed by atoms with Gasteiger partial charge in [-0.3, -0.25) is 0 Å². The summed E-state index contributed by atoms with van der Waals surface area (Å²) in [5, 5.41) is 1.77. The maximum Gasteiger partial charge on any atom is 0.261 e. The minimum atomic E-state index is -3.66. The van der Waals surface area contributed by atoms with Gasteiger partial charge in [-0.05, 0) is 40.0 Å². The summed E-state index contributed by atoms with van der Waals surface area (Å²) in [6.07, 6.45) is 1.09. The molecule has 0 aliphatic rings. The lowest BCUT2D eigenvalue weighted by Gasteiger charge is -2.43. The number of hydrogen-bond donors (Lipinski definition) is 0. The van der Waals surface area contributed by atoms with Crippen molar-refractivity contribution in [2.45, 2.75) is 51.1 Å². The van der Waals surface area contributed by atoms with Crippen molar-refractivity contribution in [1.29, 1.82) is 0 Å². The predicted octanol–water partition coefficient (Wildman–Crippen LogP) is 4.85. The predicted molar refractivity (Wildman–Crippen MR) is 160 cm³/mol. The van der Waals surface area contributed by atoms with Gasteiger partial charge in [0, 0.05) is 6.26 Å². The molecule has 0 bridgehead atoms. The van der Waals surface area contributed by atoms with Gasteiger partial charge in [0.1, 0.15) is 12.4 Å². The fraction of sp³-hybridized carbons (Fsp3) is 0.290. The molecule has 0 spiro atoms. The summed E-state index contributed by atoms with van der Waals surface area (Å²) in [7, 11) is -4.92. The van der Waals surface area contributed by atoms with Crippen molar-refractivity contribution >= 4 is 28.5 Å². The number of rotatable bonds is 10. The van der Waals surface area contributed by atoms with Crippen molar-refractivity contribution in [3.63, 3.8) is 0 Å². The minimum absolute atomic E-state index is 0.154. The summed E-state index contributed by atoms with van der Waals surface area (Å²) in [5.74, 6) is 0.932. The lowest BCUT2D eigenvalue weighted by Crippen LogP contribution is -2.66. The van der Waals surface area contributed by atoms with Crippen LogP contribution in [0, 0.1) is 6.92 Å².